The standard InChI is InChI=1S/C5H13N.CH4S/c1-2-3-4-5-6;1-2/h2-6H2,1H3;2H,1H3. The summed E-state index contributed by atoms with van der Waals surface area (Å²) in [6.45, 7) is 3.03. The van der Waals surface area contributed by atoms with Gasteiger partial charge >= 0.3 is 0 Å². The van der Waals surface area contributed by atoms with Gasteiger partial charge in [-0.25, -0.2) is 0 Å². The molecule has 0 aromatic carbocycles. The Hall–Kier alpha value is 0.310. The second kappa shape index (κ2) is 15.7. The summed E-state index contributed by atoms with van der Waals surface area (Å²) in [5.74, 6) is 0. The molecule has 0 unspecified atom stereocenters. The van der Waals surface area contributed by atoms with Crippen LogP contribution in [-0.2, 0) is 0 Å². The van der Waals surface area contributed by atoms with Crippen molar-refractivity contribution in [3.05, 3.63) is 0 Å². The van der Waals surface area contributed by atoms with Crippen molar-refractivity contribution in [1.29, 1.82) is 0 Å². The van der Waals surface area contributed by atoms with Gasteiger partial charge in [-0.3, -0.25) is 0 Å². The first kappa shape index (κ1) is 11.2. The molecule has 0 aromatic heterocycles. The van der Waals surface area contributed by atoms with Gasteiger partial charge in [-0.2, -0.15) is 12.6 Å². The molecule has 0 rings (SSSR count). The lowest BCUT2D eigenvalue weighted by atomic mass is 10.3. The number of unbranched alkanes of at least 4 members (excludes halogenated alkanes) is 2. The summed E-state index contributed by atoms with van der Waals surface area (Å²) < 4.78 is 0. The van der Waals surface area contributed by atoms with Gasteiger partial charge in [-0.05, 0) is 19.2 Å². The van der Waals surface area contributed by atoms with E-state index < -0.39 is 0 Å². The van der Waals surface area contributed by atoms with Crippen molar-refractivity contribution in [3.63, 3.8) is 0 Å². The predicted molar refractivity (Wildman–Crippen MR) is 43.5 cm³/mol. The van der Waals surface area contributed by atoms with E-state index in [1.54, 1.807) is 6.26 Å². The number of hydrogen-bond acceptors (Lipinski definition) is 2. The van der Waals surface area contributed by atoms with Crippen LogP contribution in [-0.4, -0.2) is 12.8 Å². The third-order valence-electron chi connectivity index (χ3n) is 0.808. The number of thiol groups is 1. The minimum absolute atomic E-state index is 0.855. The fraction of sp³-hybridized carbons (Fsp3) is 1.00. The first-order chi connectivity index (χ1) is 3.91. The van der Waals surface area contributed by atoms with Crippen LogP contribution in [0.3, 0.4) is 0 Å². The third-order valence-corrected chi connectivity index (χ3v) is 0.808. The molecule has 0 bridgehead atoms. The van der Waals surface area contributed by atoms with Crippen LogP contribution in [0.2, 0.25) is 0 Å². The first-order valence-corrected chi connectivity index (χ1v) is 3.96. The van der Waals surface area contributed by atoms with Gasteiger partial charge in [0, 0.05) is 0 Å². The van der Waals surface area contributed by atoms with Crippen molar-refractivity contribution in [2.75, 3.05) is 12.8 Å². The summed E-state index contributed by atoms with van der Waals surface area (Å²) in [4.78, 5) is 0. The van der Waals surface area contributed by atoms with Crippen molar-refractivity contribution in [3.8, 4) is 0 Å². The summed E-state index contributed by atoms with van der Waals surface area (Å²) in [6, 6.07) is 0. The fourth-order valence-corrected chi connectivity index (χ4v) is 0.394. The SMILES string of the molecule is CCCCCN.CS. The molecule has 0 radical (unpaired) electrons. The van der Waals surface area contributed by atoms with E-state index in [2.05, 4.69) is 19.6 Å². The van der Waals surface area contributed by atoms with E-state index in [0.29, 0.717) is 0 Å². The summed E-state index contributed by atoms with van der Waals surface area (Å²) in [5.41, 5.74) is 5.21. The topological polar surface area (TPSA) is 26.0 Å². The molecule has 2 heteroatoms. The highest BCUT2D eigenvalue weighted by atomic mass is 32.1. The van der Waals surface area contributed by atoms with E-state index in [1.807, 2.05) is 0 Å². The van der Waals surface area contributed by atoms with Gasteiger partial charge in [0.25, 0.3) is 0 Å². The Morgan fingerprint density at radius 3 is 1.88 bits per heavy atom. The lowest BCUT2D eigenvalue weighted by Gasteiger charge is -1.86. The van der Waals surface area contributed by atoms with E-state index >= 15 is 0 Å². The Morgan fingerprint density at radius 2 is 1.75 bits per heavy atom. The zero-order chi connectivity index (χ0) is 6.83. The van der Waals surface area contributed by atoms with Gasteiger partial charge in [0.2, 0.25) is 0 Å². The molecule has 0 amide bonds. The molecule has 0 spiro atoms. The Bertz CT molecular complexity index is 20.5. The Kier molecular flexibility index (Phi) is 21.8. The van der Waals surface area contributed by atoms with Crippen molar-refractivity contribution < 1.29 is 0 Å². The number of nitrogens with two attached hydrogens (primary N) is 1. The molecule has 1 nitrogen and oxygen atoms in total. The third kappa shape index (κ3) is 16.2. The molecule has 0 aliphatic rings. The summed E-state index contributed by atoms with van der Waals surface area (Å²) >= 11 is 3.53. The van der Waals surface area contributed by atoms with E-state index in [1.165, 1.54) is 19.3 Å². The first-order valence-electron chi connectivity index (χ1n) is 3.06. The number of rotatable bonds is 3. The van der Waals surface area contributed by atoms with Gasteiger partial charge in [0.1, 0.15) is 0 Å². The van der Waals surface area contributed by atoms with Gasteiger partial charge in [-0.1, -0.05) is 19.8 Å². The molecule has 0 aliphatic heterocycles. The molecular weight excluding hydrogens is 118 g/mol. The summed E-state index contributed by atoms with van der Waals surface area (Å²) in [5, 5.41) is 0. The summed E-state index contributed by atoms with van der Waals surface area (Å²) in [7, 11) is 0. The second-order valence-corrected chi connectivity index (χ2v) is 1.50. The highest BCUT2D eigenvalue weighted by molar-refractivity contribution is 7.79. The number of hydrogen-bond donors (Lipinski definition) is 2. The minimum atomic E-state index is 0.855. The molecule has 0 saturated heterocycles. The minimum Gasteiger partial charge on any atom is -0.330 e. The van der Waals surface area contributed by atoms with Crippen molar-refractivity contribution in [2.24, 2.45) is 5.73 Å². The van der Waals surface area contributed by atoms with Crippen molar-refractivity contribution in [2.45, 2.75) is 26.2 Å². The van der Waals surface area contributed by atoms with Crippen LogP contribution in [0.4, 0.5) is 0 Å². The zero-order valence-electron chi connectivity index (χ0n) is 5.85. The molecule has 0 atom stereocenters. The maximum absolute atomic E-state index is 5.21. The van der Waals surface area contributed by atoms with Gasteiger partial charge in [0.15, 0.2) is 0 Å². The van der Waals surface area contributed by atoms with Crippen LogP contribution < -0.4 is 5.73 Å². The molecule has 2 N–H and O–H groups in total. The van der Waals surface area contributed by atoms with Gasteiger partial charge in [-0.15, -0.1) is 0 Å². The average molecular weight is 135 g/mol. The van der Waals surface area contributed by atoms with Gasteiger partial charge in [0.05, 0.1) is 0 Å². The lowest BCUT2D eigenvalue weighted by Crippen LogP contribution is -1.96. The average Bonchev–Trinajstić information content (AvgIpc) is 1.88. The van der Waals surface area contributed by atoms with Crippen LogP contribution in [0.5, 0.6) is 0 Å². The van der Waals surface area contributed by atoms with Crippen molar-refractivity contribution >= 4 is 12.6 Å². The van der Waals surface area contributed by atoms with Crippen LogP contribution in [0.25, 0.3) is 0 Å². The van der Waals surface area contributed by atoms with Crippen LogP contribution in [0.1, 0.15) is 26.2 Å². The van der Waals surface area contributed by atoms with E-state index in [4.69, 9.17) is 5.73 Å². The fourth-order valence-electron chi connectivity index (χ4n) is 0.394. The quantitative estimate of drug-likeness (QED) is 0.447. The predicted octanol–water partition coefficient (Wildman–Crippen LogP) is 1.68. The second-order valence-electron chi connectivity index (χ2n) is 1.50. The molecule has 52 valence electrons. The lowest BCUT2D eigenvalue weighted by molar-refractivity contribution is 0.727. The molecule has 0 fully saturated rings. The normalized spacial score (nSPS) is 7.50. The van der Waals surface area contributed by atoms with Crippen LogP contribution in [0.15, 0.2) is 0 Å². The Labute approximate surface area is 58.1 Å². The Balaban J connectivity index is 0. The Morgan fingerprint density at radius 1 is 1.25 bits per heavy atom. The molecular formula is C6H17NS. The highest BCUT2D eigenvalue weighted by Gasteiger charge is 1.75. The maximum atomic E-state index is 5.21. The largest absolute Gasteiger partial charge is 0.330 e. The van der Waals surface area contributed by atoms with Crippen molar-refractivity contribution in [1.82, 2.24) is 0 Å². The van der Waals surface area contributed by atoms with Crippen LogP contribution >= 0.6 is 12.6 Å². The molecule has 0 aromatic rings. The van der Waals surface area contributed by atoms with E-state index in [9.17, 15) is 0 Å². The molecule has 0 saturated carbocycles. The van der Waals surface area contributed by atoms with Gasteiger partial charge < -0.3 is 5.73 Å². The molecule has 8 heavy (non-hydrogen) atoms. The smallest absolute Gasteiger partial charge is 0.00773 e. The molecule has 0 aliphatic carbocycles. The molecule has 0 heterocycles. The van der Waals surface area contributed by atoms with E-state index in [0.717, 1.165) is 6.54 Å². The van der Waals surface area contributed by atoms with Crippen LogP contribution in [0, 0.1) is 0 Å². The highest BCUT2D eigenvalue weighted by Crippen LogP contribution is 1.88. The maximum Gasteiger partial charge on any atom is -0.00773 e. The van der Waals surface area contributed by atoms with E-state index in [-0.39, 0.29) is 0 Å². The zero-order valence-corrected chi connectivity index (χ0v) is 6.75. The monoisotopic (exact) mass is 135 g/mol. The summed E-state index contributed by atoms with van der Waals surface area (Å²) in [6.07, 6.45) is 5.45.